The number of nitrogens with zero attached hydrogens (tertiary/aromatic N) is 4. The normalized spacial score (nSPS) is 19.2. The van der Waals surface area contributed by atoms with E-state index >= 15 is 0 Å². The number of aromatic nitrogens is 4. The first-order chi connectivity index (χ1) is 14.1. The minimum Gasteiger partial charge on any atom is -0.497 e. The summed E-state index contributed by atoms with van der Waals surface area (Å²) in [6.45, 7) is 8.54. The van der Waals surface area contributed by atoms with Gasteiger partial charge in [0.15, 0.2) is 6.67 Å². The summed E-state index contributed by atoms with van der Waals surface area (Å²) < 4.78 is 9.37. The second-order valence-electron chi connectivity index (χ2n) is 7.69. The molecule has 0 unspecified atom stereocenters. The first-order valence-electron chi connectivity index (χ1n) is 10.0. The van der Waals surface area contributed by atoms with E-state index in [0.717, 1.165) is 50.8 Å². The minimum atomic E-state index is 0.622. The van der Waals surface area contributed by atoms with Crippen LogP contribution in [0.4, 0.5) is 0 Å². The Morgan fingerprint density at radius 2 is 1.72 bits per heavy atom. The molecule has 1 aromatic heterocycles. The number of aryl methyl sites for hydroxylation is 1. The molecule has 1 fully saturated rings. The quantitative estimate of drug-likeness (QED) is 0.562. The van der Waals surface area contributed by atoms with Gasteiger partial charge >= 0.3 is 0 Å². The molecule has 1 aliphatic rings. The van der Waals surface area contributed by atoms with E-state index in [-0.39, 0.29) is 0 Å². The Morgan fingerprint density at radius 1 is 1.00 bits per heavy atom. The Hall–Kier alpha value is -2.55. The molecule has 152 valence electrons. The van der Waals surface area contributed by atoms with Crippen LogP contribution in [-0.4, -0.2) is 53.1 Å². The Balaban J connectivity index is 1.35. The molecule has 2 N–H and O–H groups in total. The summed E-state index contributed by atoms with van der Waals surface area (Å²) in [5, 5.41) is 8.54. The van der Waals surface area contributed by atoms with Gasteiger partial charge in [0.25, 0.3) is 0 Å². The van der Waals surface area contributed by atoms with E-state index in [2.05, 4.69) is 41.6 Å². The molecule has 0 radical (unpaired) electrons. The van der Waals surface area contributed by atoms with Crippen molar-refractivity contribution in [2.75, 3.05) is 33.3 Å². The average Bonchev–Trinajstić information content (AvgIpc) is 3.10. The molecule has 0 bridgehead atoms. The van der Waals surface area contributed by atoms with Gasteiger partial charge in [-0.25, -0.2) is 0 Å². The van der Waals surface area contributed by atoms with Crippen LogP contribution < -0.4 is 14.5 Å². The molecule has 0 amide bonds. The van der Waals surface area contributed by atoms with Gasteiger partial charge in [0.1, 0.15) is 38.5 Å². The number of hydrogen-bond donors (Lipinski definition) is 2. The number of rotatable bonds is 6. The third-order valence-electron chi connectivity index (χ3n) is 5.53. The molecule has 1 saturated heterocycles. The van der Waals surface area contributed by atoms with Gasteiger partial charge in [0, 0.05) is 5.56 Å². The maximum Gasteiger partial charge on any atom is 0.225 e. The summed E-state index contributed by atoms with van der Waals surface area (Å²) in [4.78, 5) is 3.14. The smallest absolute Gasteiger partial charge is 0.225 e. The number of quaternary nitrogens is 2. The van der Waals surface area contributed by atoms with Gasteiger partial charge in [0.2, 0.25) is 4.77 Å². The van der Waals surface area contributed by atoms with E-state index in [1.54, 1.807) is 16.7 Å². The molecule has 8 heteroatoms. The molecule has 2 heterocycles. The molecule has 29 heavy (non-hydrogen) atoms. The summed E-state index contributed by atoms with van der Waals surface area (Å²) in [6, 6.07) is 16.5. The molecule has 4 rings (SSSR count). The lowest BCUT2D eigenvalue weighted by Crippen LogP contribution is -3.27. The van der Waals surface area contributed by atoms with Crippen LogP contribution in [0.25, 0.3) is 5.69 Å². The van der Waals surface area contributed by atoms with Crippen molar-refractivity contribution in [1.29, 1.82) is 0 Å². The van der Waals surface area contributed by atoms with Crippen LogP contribution in [0.3, 0.4) is 0 Å². The van der Waals surface area contributed by atoms with E-state index in [4.69, 9.17) is 17.0 Å². The number of tetrazole rings is 1. The third-order valence-corrected chi connectivity index (χ3v) is 5.91. The molecule has 0 atom stereocenters. The summed E-state index contributed by atoms with van der Waals surface area (Å²) >= 11 is 5.61. The number of methoxy groups -OCH3 is 1. The van der Waals surface area contributed by atoms with Crippen LogP contribution in [0.5, 0.6) is 5.75 Å². The van der Waals surface area contributed by atoms with Crippen LogP contribution in [0.2, 0.25) is 0 Å². The summed E-state index contributed by atoms with van der Waals surface area (Å²) in [5.74, 6) is 0.808. The second-order valence-corrected chi connectivity index (χ2v) is 8.06. The topological polar surface area (TPSA) is 53.7 Å². The zero-order valence-electron chi connectivity index (χ0n) is 17.0. The van der Waals surface area contributed by atoms with Gasteiger partial charge < -0.3 is 14.5 Å². The number of ether oxygens (including phenoxy) is 1. The molecule has 7 nitrogen and oxygen atoms in total. The fraction of sp³-hybridized carbons (Fsp3) is 0.381. The van der Waals surface area contributed by atoms with Crippen molar-refractivity contribution in [1.82, 2.24) is 19.8 Å². The van der Waals surface area contributed by atoms with Gasteiger partial charge in [-0.2, -0.15) is 9.36 Å². The number of benzene rings is 2. The zero-order chi connectivity index (χ0) is 20.2. The monoisotopic (exact) mass is 412 g/mol. The second kappa shape index (κ2) is 8.86. The molecule has 0 spiro atoms. The fourth-order valence-electron chi connectivity index (χ4n) is 3.87. The van der Waals surface area contributed by atoms with E-state index in [1.165, 1.54) is 16.0 Å². The lowest BCUT2D eigenvalue weighted by Gasteiger charge is -2.29. The Bertz CT molecular complexity index is 1000. The largest absolute Gasteiger partial charge is 0.497 e. The van der Waals surface area contributed by atoms with Gasteiger partial charge in [-0.05, 0) is 53.8 Å². The lowest BCUT2D eigenvalue weighted by atomic mass is 10.1. The van der Waals surface area contributed by atoms with Crippen molar-refractivity contribution in [3.05, 3.63) is 64.4 Å². The van der Waals surface area contributed by atoms with Crippen molar-refractivity contribution in [2.45, 2.75) is 20.1 Å². The van der Waals surface area contributed by atoms with Crippen molar-refractivity contribution in [3.8, 4) is 11.4 Å². The van der Waals surface area contributed by atoms with Crippen molar-refractivity contribution in [3.63, 3.8) is 0 Å². The highest BCUT2D eigenvalue weighted by molar-refractivity contribution is 7.71. The van der Waals surface area contributed by atoms with Crippen LogP contribution in [0.1, 0.15) is 11.1 Å². The molecule has 3 aromatic rings. The number of piperazine rings is 1. The predicted molar refractivity (Wildman–Crippen MR) is 113 cm³/mol. The summed E-state index contributed by atoms with van der Waals surface area (Å²) in [7, 11) is 1.65. The zero-order valence-corrected chi connectivity index (χ0v) is 17.8. The highest BCUT2D eigenvalue weighted by atomic mass is 32.1. The van der Waals surface area contributed by atoms with Crippen LogP contribution in [0.15, 0.2) is 48.5 Å². The molecule has 0 saturated carbocycles. The maximum absolute atomic E-state index is 5.61. The Morgan fingerprint density at radius 3 is 2.41 bits per heavy atom. The van der Waals surface area contributed by atoms with E-state index < -0.39 is 0 Å². The molecule has 0 aliphatic carbocycles. The van der Waals surface area contributed by atoms with Crippen molar-refractivity contribution >= 4 is 12.2 Å². The Kier molecular flexibility index (Phi) is 6.03. The summed E-state index contributed by atoms with van der Waals surface area (Å²) in [6.07, 6.45) is 0. The minimum absolute atomic E-state index is 0.622. The van der Waals surface area contributed by atoms with E-state index in [9.17, 15) is 0 Å². The molecular weight excluding hydrogens is 384 g/mol. The van der Waals surface area contributed by atoms with Gasteiger partial charge in [-0.1, -0.05) is 29.8 Å². The van der Waals surface area contributed by atoms with Crippen molar-refractivity contribution in [2.24, 2.45) is 0 Å². The van der Waals surface area contributed by atoms with Crippen molar-refractivity contribution < 1.29 is 14.5 Å². The van der Waals surface area contributed by atoms with Crippen LogP contribution in [0, 0.1) is 11.7 Å². The molecular formula is C21H28N6OS+2. The third kappa shape index (κ3) is 4.72. The van der Waals surface area contributed by atoms with Gasteiger partial charge in [-0.15, -0.1) is 0 Å². The Labute approximate surface area is 176 Å². The van der Waals surface area contributed by atoms with Gasteiger partial charge in [0.05, 0.1) is 12.8 Å². The summed E-state index contributed by atoms with van der Waals surface area (Å²) in [5.41, 5.74) is 3.65. The molecule has 1 aliphatic heterocycles. The first-order valence-corrected chi connectivity index (χ1v) is 10.4. The van der Waals surface area contributed by atoms with E-state index in [1.807, 2.05) is 28.9 Å². The van der Waals surface area contributed by atoms with Gasteiger partial charge in [-0.3, -0.25) is 0 Å². The molecule has 2 aromatic carbocycles. The fourth-order valence-corrected chi connectivity index (χ4v) is 4.12. The van der Waals surface area contributed by atoms with Crippen LogP contribution in [-0.2, 0) is 13.2 Å². The highest BCUT2D eigenvalue weighted by Crippen LogP contribution is 2.14. The van der Waals surface area contributed by atoms with Crippen LogP contribution >= 0.6 is 12.2 Å². The maximum atomic E-state index is 5.61. The number of nitrogens with one attached hydrogen (secondary N) is 2. The highest BCUT2D eigenvalue weighted by Gasteiger charge is 2.24. The number of hydrogen-bond acceptors (Lipinski definition) is 4. The first kappa shape index (κ1) is 19.8. The average molecular weight is 413 g/mol. The standard InChI is InChI=1S/C21H26N6OS/c1-17-4-3-5-18(14-17)15-24-10-12-25(13-11-24)16-26-21(29)27(23-22-26)19-6-8-20(28-2)9-7-19/h3-9,14H,10-13,15-16H2,1-2H3/p+2. The predicted octanol–water partition coefficient (Wildman–Crippen LogP) is 0.0564. The SMILES string of the molecule is COc1ccc(-n2nnn(C[NH+]3CC[NH+](Cc4cccc(C)c4)CC3)c2=S)cc1. The lowest BCUT2D eigenvalue weighted by molar-refractivity contribution is -1.03. The van der Waals surface area contributed by atoms with E-state index in [0.29, 0.717) is 4.77 Å².